The zero-order valence-electron chi connectivity index (χ0n) is 16.4. The zero-order valence-corrected chi connectivity index (χ0v) is 16.4. The molecule has 0 unspecified atom stereocenters. The van der Waals surface area contributed by atoms with Gasteiger partial charge in [-0.3, -0.25) is 4.79 Å². The molecule has 1 aliphatic rings. The van der Waals surface area contributed by atoms with E-state index in [0.717, 1.165) is 22.6 Å². The number of para-hydroxylation sites is 1. The topological polar surface area (TPSA) is 56.8 Å². The average molecular weight is 369 g/mol. The van der Waals surface area contributed by atoms with Crippen LogP contribution in [0.3, 0.4) is 0 Å². The number of hydrogen-bond donors (Lipinski definition) is 1. The van der Waals surface area contributed by atoms with Crippen LogP contribution >= 0.6 is 0 Å². The average Bonchev–Trinajstić information content (AvgIpc) is 2.62. The standard InChI is InChI=1S/C22H27NO4/c1-5-25-20-11-17-16(15-9-7-8-10-19(15)27-14(3)4)12-22(24)23-18(17)13-21(20)26-6-2/h7-11,13-14,16H,5-6,12H2,1-4H3,(H,23,24)/t16-/m1/s1. The number of benzene rings is 2. The Balaban J connectivity index is 2.10. The zero-order chi connectivity index (χ0) is 19.4. The molecule has 1 amide bonds. The highest BCUT2D eigenvalue weighted by molar-refractivity contribution is 5.96. The van der Waals surface area contributed by atoms with Crippen LogP contribution in [0.4, 0.5) is 5.69 Å². The summed E-state index contributed by atoms with van der Waals surface area (Å²) in [5, 5.41) is 2.97. The van der Waals surface area contributed by atoms with E-state index in [9.17, 15) is 4.79 Å². The molecule has 5 nitrogen and oxygen atoms in total. The Kier molecular flexibility index (Phi) is 5.89. The van der Waals surface area contributed by atoms with Crippen LogP contribution in [-0.2, 0) is 4.79 Å². The molecule has 2 aromatic rings. The molecule has 0 radical (unpaired) electrons. The van der Waals surface area contributed by atoms with Crippen molar-refractivity contribution in [3.8, 4) is 17.2 Å². The molecular weight excluding hydrogens is 342 g/mol. The third-order valence-electron chi connectivity index (χ3n) is 4.41. The lowest BCUT2D eigenvalue weighted by molar-refractivity contribution is -0.116. The first kappa shape index (κ1) is 19.1. The minimum absolute atomic E-state index is 0.0153. The van der Waals surface area contributed by atoms with Crippen LogP contribution in [0.2, 0.25) is 0 Å². The van der Waals surface area contributed by atoms with Gasteiger partial charge < -0.3 is 19.5 Å². The van der Waals surface area contributed by atoms with Crippen molar-refractivity contribution in [2.75, 3.05) is 18.5 Å². The van der Waals surface area contributed by atoms with Crippen LogP contribution in [0.5, 0.6) is 17.2 Å². The van der Waals surface area contributed by atoms with Crippen LogP contribution in [0.1, 0.15) is 51.2 Å². The van der Waals surface area contributed by atoms with E-state index in [1.54, 1.807) is 0 Å². The van der Waals surface area contributed by atoms with E-state index in [0.29, 0.717) is 31.1 Å². The summed E-state index contributed by atoms with van der Waals surface area (Å²) in [5.74, 6) is 2.04. The van der Waals surface area contributed by atoms with Gasteiger partial charge in [-0.1, -0.05) is 18.2 Å². The third-order valence-corrected chi connectivity index (χ3v) is 4.41. The van der Waals surface area contributed by atoms with Gasteiger partial charge in [-0.05, 0) is 45.4 Å². The first-order valence-electron chi connectivity index (χ1n) is 9.52. The number of hydrogen-bond acceptors (Lipinski definition) is 4. The Bertz CT molecular complexity index is 816. The van der Waals surface area contributed by atoms with Crippen molar-refractivity contribution in [1.29, 1.82) is 0 Å². The SMILES string of the molecule is CCOc1cc2c(cc1OCC)[C@@H](c1ccccc1OC(C)C)CC(=O)N2. The summed E-state index contributed by atoms with van der Waals surface area (Å²) < 4.78 is 17.5. The van der Waals surface area contributed by atoms with Crippen LogP contribution < -0.4 is 19.5 Å². The van der Waals surface area contributed by atoms with Crippen molar-refractivity contribution >= 4 is 11.6 Å². The third kappa shape index (κ3) is 4.18. The molecule has 5 heteroatoms. The highest BCUT2D eigenvalue weighted by atomic mass is 16.5. The number of rotatable bonds is 7. The number of amides is 1. The summed E-state index contributed by atoms with van der Waals surface area (Å²) >= 11 is 0. The van der Waals surface area contributed by atoms with Gasteiger partial charge in [-0.25, -0.2) is 0 Å². The molecule has 27 heavy (non-hydrogen) atoms. The fourth-order valence-corrected chi connectivity index (χ4v) is 3.41. The lowest BCUT2D eigenvalue weighted by atomic mass is 9.84. The Labute approximate surface area is 160 Å². The van der Waals surface area contributed by atoms with Gasteiger partial charge in [-0.2, -0.15) is 0 Å². The summed E-state index contributed by atoms with van der Waals surface area (Å²) in [6, 6.07) is 11.8. The maximum absolute atomic E-state index is 12.4. The van der Waals surface area contributed by atoms with Crippen molar-refractivity contribution < 1.29 is 19.0 Å². The first-order valence-corrected chi connectivity index (χ1v) is 9.52. The van der Waals surface area contributed by atoms with Crippen molar-refractivity contribution in [1.82, 2.24) is 0 Å². The Morgan fingerprint density at radius 2 is 1.67 bits per heavy atom. The van der Waals surface area contributed by atoms with Gasteiger partial charge in [0.05, 0.1) is 19.3 Å². The maximum Gasteiger partial charge on any atom is 0.225 e. The predicted octanol–water partition coefficient (Wildman–Crippen LogP) is 4.75. The second-order valence-corrected chi connectivity index (χ2v) is 6.76. The van der Waals surface area contributed by atoms with Gasteiger partial charge in [0.15, 0.2) is 11.5 Å². The Hall–Kier alpha value is -2.69. The number of nitrogens with one attached hydrogen (secondary N) is 1. The predicted molar refractivity (Wildman–Crippen MR) is 106 cm³/mol. The van der Waals surface area contributed by atoms with Gasteiger partial charge in [-0.15, -0.1) is 0 Å². The Morgan fingerprint density at radius 1 is 1.00 bits per heavy atom. The molecule has 3 rings (SSSR count). The number of carbonyl (C=O) groups is 1. The molecule has 2 aromatic carbocycles. The van der Waals surface area contributed by atoms with Crippen molar-refractivity contribution in [3.05, 3.63) is 47.5 Å². The molecule has 1 heterocycles. The summed E-state index contributed by atoms with van der Waals surface area (Å²) in [6.45, 7) is 8.94. The fourth-order valence-electron chi connectivity index (χ4n) is 3.41. The van der Waals surface area contributed by atoms with Crippen LogP contribution in [0.15, 0.2) is 36.4 Å². The van der Waals surface area contributed by atoms with Crippen molar-refractivity contribution in [3.63, 3.8) is 0 Å². The summed E-state index contributed by atoms with van der Waals surface area (Å²) in [4.78, 5) is 12.4. The highest BCUT2D eigenvalue weighted by Gasteiger charge is 2.30. The lowest BCUT2D eigenvalue weighted by Crippen LogP contribution is -2.24. The molecule has 0 aromatic heterocycles. The number of anilines is 1. The van der Waals surface area contributed by atoms with E-state index in [1.807, 2.05) is 64.1 Å². The molecule has 1 atom stereocenters. The molecular formula is C22H27NO4. The molecule has 144 valence electrons. The van der Waals surface area contributed by atoms with Gasteiger partial charge >= 0.3 is 0 Å². The summed E-state index contributed by atoms with van der Waals surface area (Å²) in [5.41, 5.74) is 2.79. The van der Waals surface area contributed by atoms with Crippen molar-refractivity contribution in [2.24, 2.45) is 0 Å². The lowest BCUT2D eigenvalue weighted by Gasteiger charge is -2.29. The molecule has 0 saturated carbocycles. The van der Waals surface area contributed by atoms with Gasteiger partial charge in [0.1, 0.15) is 5.75 Å². The summed E-state index contributed by atoms with van der Waals surface area (Å²) in [7, 11) is 0. The number of carbonyl (C=O) groups excluding carboxylic acids is 1. The van der Waals surface area contributed by atoms with E-state index < -0.39 is 0 Å². The molecule has 0 fully saturated rings. The van der Waals surface area contributed by atoms with E-state index in [-0.39, 0.29) is 17.9 Å². The molecule has 0 saturated heterocycles. The minimum Gasteiger partial charge on any atom is -0.491 e. The van der Waals surface area contributed by atoms with Gasteiger partial charge in [0.25, 0.3) is 0 Å². The fraction of sp³-hybridized carbons (Fsp3) is 0.409. The molecule has 0 spiro atoms. The van der Waals surface area contributed by atoms with E-state index in [1.165, 1.54) is 0 Å². The second-order valence-electron chi connectivity index (χ2n) is 6.76. The normalized spacial score (nSPS) is 15.9. The smallest absolute Gasteiger partial charge is 0.225 e. The van der Waals surface area contributed by atoms with Gasteiger partial charge in [0.2, 0.25) is 5.91 Å². The summed E-state index contributed by atoms with van der Waals surface area (Å²) in [6.07, 6.45) is 0.424. The van der Waals surface area contributed by atoms with Crippen LogP contribution in [0.25, 0.3) is 0 Å². The van der Waals surface area contributed by atoms with Crippen LogP contribution in [-0.4, -0.2) is 25.2 Å². The van der Waals surface area contributed by atoms with Crippen molar-refractivity contribution in [2.45, 2.75) is 46.1 Å². The number of ether oxygens (including phenoxy) is 3. The largest absolute Gasteiger partial charge is 0.491 e. The molecule has 0 aliphatic carbocycles. The van der Waals surface area contributed by atoms with Gasteiger partial charge in [0, 0.05) is 29.7 Å². The second kappa shape index (κ2) is 8.33. The Morgan fingerprint density at radius 3 is 2.33 bits per heavy atom. The first-order chi connectivity index (χ1) is 13.0. The number of fused-ring (bicyclic) bond motifs is 1. The molecule has 0 bridgehead atoms. The van der Waals surface area contributed by atoms with E-state index in [4.69, 9.17) is 14.2 Å². The maximum atomic E-state index is 12.4. The highest BCUT2D eigenvalue weighted by Crippen LogP contribution is 2.45. The minimum atomic E-state index is -0.0985. The molecule has 1 N–H and O–H groups in total. The quantitative estimate of drug-likeness (QED) is 0.765. The van der Waals surface area contributed by atoms with Crippen LogP contribution in [0, 0.1) is 0 Å². The van der Waals surface area contributed by atoms with E-state index in [2.05, 4.69) is 5.32 Å². The monoisotopic (exact) mass is 369 g/mol. The molecule has 1 aliphatic heterocycles. The van der Waals surface area contributed by atoms with E-state index >= 15 is 0 Å².